The van der Waals surface area contributed by atoms with Gasteiger partial charge in [-0.3, -0.25) is 0 Å². The summed E-state index contributed by atoms with van der Waals surface area (Å²) in [6.07, 6.45) is 0. The van der Waals surface area contributed by atoms with E-state index in [0.29, 0.717) is 0 Å². The van der Waals surface area contributed by atoms with E-state index in [1.807, 2.05) is 0 Å². The Kier molecular flexibility index (Phi) is 9.34. The van der Waals surface area contributed by atoms with Gasteiger partial charge >= 0.3 is 0 Å². The fourth-order valence-electron chi connectivity index (χ4n) is 1.77. The zero-order chi connectivity index (χ0) is 21.9. The highest BCUT2D eigenvalue weighted by Crippen LogP contribution is 2.63. The van der Waals surface area contributed by atoms with Crippen LogP contribution in [0.1, 0.15) is 16.7 Å². The summed E-state index contributed by atoms with van der Waals surface area (Å²) in [7, 11) is 0. The normalized spacial score (nSPS) is 15.2. The predicted molar refractivity (Wildman–Crippen MR) is 127 cm³/mol. The van der Waals surface area contributed by atoms with Gasteiger partial charge in [-0.2, -0.15) is 0 Å². The third-order valence-corrected chi connectivity index (χ3v) is 11.2. The topological polar surface area (TPSA) is 0 Å². The molecular formula is C13H5Cl14. The Hall–Kier alpha value is 3.28. The lowest BCUT2D eigenvalue weighted by Gasteiger charge is -2.40. The summed E-state index contributed by atoms with van der Waals surface area (Å²) in [4.78, 5) is 0. The zero-order valence-corrected chi connectivity index (χ0v) is 22.8. The van der Waals surface area contributed by atoms with Crippen LogP contribution in [-0.4, -0.2) is 16.3 Å². The Morgan fingerprint density at radius 1 is 0.556 bits per heavy atom. The molecule has 0 saturated heterocycles. The maximum atomic E-state index is 6.35. The van der Waals surface area contributed by atoms with Crippen LogP contribution in [0.25, 0.3) is 0 Å². The summed E-state index contributed by atoms with van der Waals surface area (Å²) in [6, 6.07) is 4.05. The van der Waals surface area contributed by atoms with E-state index in [1.54, 1.807) is 0 Å². The number of halogens is 14. The Balaban J connectivity index is 3.67. The third-order valence-electron chi connectivity index (χ3n) is 3.31. The van der Waals surface area contributed by atoms with E-state index in [9.17, 15) is 0 Å². The van der Waals surface area contributed by atoms with E-state index in [1.165, 1.54) is 18.2 Å². The first-order valence-electron chi connectivity index (χ1n) is 6.24. The van der Waals surface area contributed by atoms with Gasteiger partial charge < -0.3 is 0 Å². The molecule has 0 aliphatic carbocycles. The molecule has 0 atom stereocenters. The molecule has 0 heterocycles. The highest BCUT2D eigenvalue weighted by Gasteiger charge is 2.63. The van der Waals surface area contributed by atoms with E-state index >= 15 is 0 Å². The van der Waals surface area contributed by atoms with Gasteiger partial charge in [0.1, 0.15) is 0 Å². The summed E-state index contributed by atoms with van der Waals surface area (Å²) in [5.74, 6) is 0. The van der Waals surface area contributed by atoms with Gasteiger partial charge in [-0.15, -0.1) is 0 Å². The highest BCUT2D eigenvalue weighted by molar-refractivity contribution is 6.79. The average Bonchev–Trinajstić information content (AvgIpc) is 2.44. The number of hydrogen-bond acceptors (Lipinski definition) is 0. The number of benzene rings is 1. The van der Waals surface area contributed by atoms with Crippen LogP contribution in [0.5, 0.6) is 0 Å². The zero-order valence-electron chi connectivity index (χ0n) is 12.2. The summed E-state index contributed by atoms with van der Waals surface area (Å²) in [5, 5.41) is 0. The van der Waals surface area contributed by atoms with Crippen LogP contribution in [0.2, 0.25) is 0 Å². The molecular weight excluding hydrogens is 652 g/mol. The minimum Gasteiger partial charge on any atom is -0.0930 e. The molecule has 0 spiro atoms. The Morgan fingerprint density at radius 2 is 0.926 bits per heavy atom. The van der Waals surface area contributed by atoms with E-state index in [0.717, 1.165) is 0 Å². The molecule has 0 aliphatic rings. The van der Waals surface area contributed by atoms with Crippen molar-refractivity contribution in [1.29, 1.82) is 0 Å². The SMILES string of the molecule is [CH2]c1ccc(C(Cl)(Cl)C(Cl)(Cl)C(Cl)(Cl)Cl)cc1C(Cl)(Cl)C(Cl)(Cl)C(Cl)(Cl)Cl. The van der Waals surface area contributed by atoms with E-state index < -0.39 is 24.9 Å². The summed E-state index contributed by atoms with van der Waals surface area (Å²) in [6.45, 7) is 3.77. The fourth-order valence-corrected chi connectivity index (χ4v) is 4.78. The van der Waals surface area contributed by atoms with Gasteiger partial charge in [0.25, 0.3) is 0 Å². The minimum absolute atomic E-state index is 0.0150. The molecule has 0 amide bonds. The van der Waals surface area contributed by atoms with Crippen molar-refractivity contribution in [3.8, 4) is 0 Å². The first-order valence-corrected chi connectivity index (χ1v) is 11.5. The first kappa shape index (κ1) is 28.3. The predicted octanol–water partition coefficient (Wildman–Crippen LogP) is 10.2. The molecule has 1 aromatic rings. The quantitative estimate of drug-likeness (QED) is 0.283. The maximum absolute atomic E-state index is 6.35. The van der Waals surface area contributed by atoms with Crippen molar-refractivity contribution in [2.45, 2.75) is 24.9 Å². The summed E-state index contributed by atoms with van der Waals surface area (Å²) in [5.41, 5.74) is 0.249. The third kappa shape index (κ3) is 5.27. The second kappa shape index (κ2) is 8.90. The van der Waals surface area contributed by atoms with Crippen LogP contribution in [-0.2, 0) is 8.67 Å². The molecule has 0 unspecified atom stereocenters. The lowest BCUT2D eigenvalue weighted by molar-refractivity contribution is 0.680. The average molecular weight is 658 g/mol. The van der Waals surface area contributed by atoms with Crippen molar-refractivity contribution in [2.75, 3.05) is 0 Å². The Bertz CT molecular complexity index is 694. The first-order chi connectivity index (χ1) is 11.6. The van der Waals surface area contributed by atoms with E-state index in [4.69, 9.17) is 162 Å². The van der Waals surface area contributed by atoms with Crippen LogP contribution in [0.15, 0.2) is 18.2 Å². The van der Waals surface area contributed by atoms with Crippen molar-refractivity contribution in [3.05, 3.63) is 41.8 Å². The molecule has 0 fully saturated rings. The molecule has 0 aliphatic heterocycles. The second-order valence-electron chi connectivity index (χ2n) is 5.17. The van der Waals surface area contributed by atoms with Gasteiger partial charge in [-0.1, -0.05) is 175 Å². The number of alkyl halides is 14. The molecule has 155 valence electrons. The monoisotopic (exact) mass is 651 g/mol. The van der Waals surface area contributed by atoms with Crippen molar-refractivity contribution >= 4 is 162 Å². The van der Waals surface area contributed by atoms with E-state index in [-0.39, 0.29) is 16.7 Å². The number of rotatable bonds is 4. The molecule has 0 N–H and O–H groups in total. The highest BCUT2D eigenvalue weighted by atomic mass is 35.6. The van der Waals surface area contributed by atoms with Crippen molar-refractivity contribution in [2.24, 2.45) is 0 Å². The number of hydrogen-bond donors (Lipinski definition) is 0. The molecule has 0 aromatic heterocycles. The molecule has 0 bridgehead atoms. The summed E-state index contributed by atoms with van der Waals surface area (Å²) >= 11 is 84.6. The fraction of sp³-hybridized carbons (Fsp3) is 0.462. The lowest BCUT2D eigenvalue weighted by Crippen LogP contribution is -2.46. The molecule has 1 rings (SSSR count). The molecule has 1 aromatic carbocycles. The van der Waals surface area contributed by atoms with Gasteiger partial charge in [-0.05, 0) is 29.7 Å². The molecule has 0 saturated carbocycles. The van der Waals surface area contributed by atoms with E-state index in [2.05, 4.69) is 6.92 Å². The largest absolute Gasteiger partial charge is 0.226 e. The smallest absolute Gasteiger partial charge is 0.0930 e. The van der Waals surface area contributed by atoms with Crippen molar-refractivity contribution in [3.63, 3.8) is 0 Å². The maximum Gasteiger partial charge on any atom is 0.226 e. The molecule has 0 nitrogen and oxygen atoms in total. The van der Waals surface area contributed by atoms with Gasteiger partial charge in [0.15, 0.2) is 8.67 Å². The summed E-state index contributed by atoms with van der Waals surface area (Å²) < 4.78 is -13.6. The van der Waals surface area contributed by atoms with Crippen LogP contribution < -0.4 is 0 Å². The van der Waals surface area contributed by atoms with Gasteiger partial charge in [-0.25, -0.2) is 0 Å². The second-order valence-corrected chi connectivity index (χ2v) is 15.0. The van der Waals surface area contributed by atoms with Crippen LogP contribution in [0, 0.1) is 6.92 Å². The van der Waals surface area contributed by atoms with Crippen molar-refractivity contribution < 1.29 is 0 Å². The standard InChI is InChI=1S/C13H5Cl14/c1-5-2-3-6(8(14,15)10(18,19)12(22,23)24)4-7(5)9(16,17)11(20,21)13(25,26)27/h2-4H,1H2. The van der Waals surface area contributed by atoms with Gasteiger partial charge in [0.2, 0.25) is 16.3 Å². The minimum atomic E-state index is -2.34. The van der Waals surface area contributed by atoms with Crippen LogP contribution in [0.3, 0.4) is 0 Å². The Morgan fingerprint density at radius 3 is 1.30 bits per heavy atom. The lowest BCUT2D eigenvalue weighted by atomic mass is 9.97. The van der Waals surface area contributed by atoms with Crippen LogP contribution >= 0.6 is 162 Å². The van der Waals surface area contributed by atoms with Crippen LogP contribution in [0.4, 0.5) is 0 Å². The van der Waals surface area contributed by atoms with Gasteiger partial charge in [0.05, 0.1) is 0 Å². The Labute approximate surface area is 226 Å². The molecule has 27 heavy (non-hydrogen) atoms. The molecule has 14 heteroatoms. The molecule has 1 radical (unpaired) electrons. The van der Waals surface area contributed by atoms with Gasteiger partial charge in [0, 0.05) is 0 Å². The van der Waals surface area contributed by atoms with Crippen molar-refractivity contribution in [1.82, 2.24) is 0 Å².